The van der Waals surface area contributed by atoms with E-state index in [1.54, 1.807) is 13.2 Å². The van der Waals surface area contributed by atoms with Crippen LogP contribution in [0.15, 0.2) is 40.9 Å². The van der Waals surface area contributed by atoms with Crippen molar-refractivity contribution in [1.82, 2.24) is 5.32 Å². The smallest absolute Gasteiger partial charge is 0.255 e. The van der Waals surface area contributed by atoms with E-state index in [0.29, 0.717) is 42.6 Å². The molecule has 0 aliphatic carbocycles. The monoisotopic (exact) mass is 449 g/mol. The molecule has 0 atom stereocenters. The van der Waals surface area contributed by atoms with E-state index in [2.05, 4.69) is 35.1 Å². The predicted molar refractivity (Wildman–Crippen MR) is 114 cm³/mol. The summed E-state index contributed by atoms with van der Waals surface area (Å²) in [5.74, 6) is 1.78. The zero-order valence-corrected chi connectivity index (χ0v) is 18.3. The number of amides is 1. The summed E-state index contributed by atoms with van der Waals surface area (Å²) >= 11 is 3.42. The number of nitrogens with one attached hydrogen (secondary N) is 1. The third-order valence-electron chi connectivity index (χ3n) is 4.08. The molecule has 0 heterocycles. The van der Waals surface area contributed by atoms with Crippen LogP contribution < -0.4 is 19.5 Å². The maximum atomic E-state index is 12.7. The van der Waals surface area contributed by atoms with Crippen LogP contribution >= 0.6 is 15.9 Å². The fourth-order valence-corrected chi connectivity index (χ4v) is 2.92. The van der Waals surface area contributed by atoms with Gasteiger partial charge in [-0.05, 0) is 48.7 Å². The second-order valence-electron chi connectivity index (χ2n) is 6.36. The van der Waals surface area contributed by atoms with E-state index in [1.165, 1.54) is 0 Å². The maximum Gasteiger partial charge on any atom is 0.255 e. The van der Waals surface area contributed by atoms with Gasteiger partial charge >= 0.3 is 0 Å². The lowest BCUT2D eigenvalue weighted by molar-refractivity contribution is 0.0946. The van der Waals surface area contributed by atoms with Crippen LogP contribution in [-0.2, 0) is 6.54 Å². The maximum absolute atomic E-state index is 12.7. The summed E-state index contributed by atoms with van der Waals surface area (Å²) in [5, 5.41) is 2.95. The van der Waals surface area contributed by atoms with Gasteiger partial charge in [0.25, 0.3) is 5.91 Å². The first-order valence-electron chi connectivity index (χ1n) is 9.59. The summed E-state index contributed by atoms with van der Waals surface area (Å²) in [5.41, 5.74) is 1.44. The molecule has 2 aromatic carbocycles. The molecule has 0 bridgehead atoms. The van der Waals surface area contributed by atoms with Crippen molar-refractivity contribution >= 4 is 21.8 Å². The molecule has 5 nitrogen and oxygen atoms in total. The quantitative estimate of drug-likeness (QED) is 0.469. The molecule has 0 radical (unpaired) electrons. The zero-order valence-electron chi connectivity index (χ0n) is 16.7. The number of carbonyl (C=O) groups is 1. The van der Waals surface area contributed by atoms with Crippen molar-refractivity contribution in [1.29, 1.82) is 0 Å². The van der Waals surface area contributed by atoms with E-state index < -0.39 is 0 Å². The summed E-state index contributed by atoms with van der Waals surface area (Å²) in [7, 11) is 1.61. The van der Waals surface area contributed by atoms with Crippen molar-refractivity contribution in [2.45, 2.75) is 39.7 Å². The van der Waals surface area contributed by atoms with Crippen LogP contribution in [0.4, 0.5) is 0 Å². The summed E-state index contributed by atoms with van der Waals surface area (Å²) in [6.45, 7) is 5.76. The highest BCUT2D eigenvalue weighted by Crippen LogP contribution is 2.28. The number of ether oxygens (including phenoxy) is 3. The largest absolute Gasteiger partial charge is 0.493 e. The third kappa shape index (κ3) is 6.44. The van der Waals surface area contributed by atoms with E-state index in [-0.39, 0.29) is 5.91 Å². The van der Waals surface area contributed by atoms with Gasteiger partial charge in [-0.1, -0.05) is 42.3 Å². The highest BCUT2D eigenvalue weighted by molar-refractivity contribution is 9.10. The number of hydrogen-bond acceptors (Lipinski definition) is 4. The van der Waals surface area contributed by atoms with E-state index >= 15 is 0 Å². The Kier molecular flexibility index (Phi) is 9.14. The number of rotatable bonds is 11. The molecule has 1 N–H and O–H groups in total. The Morgan fingerprint density at radius 2 is 1.71 bits per heavy atom. The standard InChI is InChI=1S/C22H28BrNO4/c1-4-6-12-28-19-10-8-17(23)14-18(19)22(25)24-15-16-7-9-20(27-11-5-2)21(13-16)26-3/h7-10,13-14H,4-6,11-12,15H2,1-3H3,(H,24,25). The van der Waals surface area contributed by atoms with E-state index in [9.17, 15) is 4.79 Å². The minimum Gasteiger partial charge on any atom is -0.493 e. The van der Waals surface area contributed by atoms with Gasteiger partial charge in [-0.2, -0.15) is 0 Å². The fraction of sp³-hybridized carbons (Fsp3) is 0.409. The van der Waals surface area contributed by atoms with Crippen molar-refractivity contribution in [3.63, 3.8) is 0 Å². The van der Waals surface area contributed by atoms with Crippen LogP contribution in [0.3, 0.4) is 0 Å². The van der Waals surface area contributed by atoms with Crippen molar-refractivity contribution in [2.75, 3.05) is 20.3 Å². The molecule has 28 heavy (non-hydrogen) atoms. The summed E-state index contributed by atoms with van der Waals surface area (Å²) in [6, 6.07) is 11.1. The first-order valence-corrected chi connectivity index (χ1v) is 10.4. The normalized spacial score (nSPS) is 10.4. The molecule has 0 fully saturated rings. The van der Waals surface area contributed by atoms with Gasteiger partial charge in [0.15, 0.2) is 11.5 Å². The molecule has 0 unspecified atom stereocenters. The lowest BCUT2D eigenvalue weighted by Crippen LogP contribution is -2.23. The second-order valence-corrected chi connectivity index (χ2v) is 7.27. The number of benzene rings is 2. The third-order valence-corrected chi connectivity index (χ3v) is 4.58. The SMILES string of the molecule is CCCCOc1ccc(Br)cc1C(=O)NCc1ccc(OCCC)c(OC)c1. The van der Waals surface area contributed by atoms with Crippen LogP contribution in [0, 0.1) is 0 Å². The van der Waals surface area contributed by atoms with Gasteiger partial charge in [-0.15, -0.1) is 0 Å². The first kappa shape index (κ1) is 22.1. The molecular weight excluding hydrogens is 422 g/mol. The van der Waals surface area contributed by atoms with Gasteiger partial charge in [0, 0.05) is 11.0 Å². The van der Waals surface area contributed by atoms with E-state index in [4.69, 9.17) is 14.2 Å². The van der Waals surface area contributed by atoms with Crippen LogP contribution in [0.2, 0.25) is 0 Å². The topological polar surface area (TPSA) is 56.8 Å². The average molecular weight is 450 g/mol. The second kappa shape index (κ2) is 11.6. The Morgan fingerprint density at radius 1 is 0.964 bits per heavy atom. The number of carbonyl (C=O) groups excluding carboxylic acids is 1. The molecule has 1 amide bonds. The highest BCUT2D eigenvalue weighted by Gasteiger charge is 2.14. The first-order chi connectivity index (χ1) is 13.6. The van der Waals surface area contributed by atoms with Gasteiger partial charge in [0.1, 0.15) is 5.75 Å². The number of hydrogen-bond donors (Lipinski definition) is 1. The Hall–Kier alpha value is -2.21. The van der Waals surface area contributed by atoms with Gasteiger partial charge in [0.05, 0.1) is 25.9 Å². The van der Waals surface area contributed by atoms with Gasteiger partial charge in [-0.25, -0.2) is 0 Å². The average Bonchev–Trinajstić information content (AvgIpc) is 2.71. The Balaban J connectivity index is 2.06. The lowest BCUT2D eigenvalue weighted by Gasteiger charge is -2.14. The Bertz CT molecular complexity index is 779. The van der Waals surface area contributed by atoms with Crippen LogP contribution in [0.1, 0.15) is 49.0 Å². The van der Waals surface area contributed by atoms with Crippen molar-refractivity contribution < 1.29 is 19.0 Å². The number of halogens is 1. The molecular formula is C22H28BrNO4. The van der Waals surface area contributed by atoms with Crippen molar-refractivity contribution in [2.24, 2.45) is 0 Å². The molecule has 6 heteroatoms. The number of methoxy groups -OCH3 is 1. The van der Waals surface area contributed by atoms with Crippen molar-refractivity contribution in [3.8, 4) is 17.2 Å². The van der Waals surface area contributed by atoms with E-state index in [0.717, 1.165) is 29.3 Å². The van der Waals surface area contributed by atoms with Crippen molar-refractivity contribution in [3.05, 3.63) is 52.0 Å². The summed E-state index contributed by atoms with van der Waals surface area (Å²) in [4.78, 5) is 12.7. The molecule has 0 aliphatic rings. The Labute approximate surface area is 175 Å². The molecule has 0 saturated heterocycles. The van der Waals surface area contributed by atoms with Crippen LogP contribution in [0.5, 0.6) is 17.2 Å². The number of unbranched alkanes of at least 4 members (excludes halogenated alkanes) is 1. The molecule has 152 valence electrons. The summed E-state index contributed by atoms with van der Waals surface area (Å²) < 4.78 is 17.7. The van der Waals surface area contributed by atoms with Crippen LogP contribution in [0.25, 0.3) is 0 Å². The van der Waals surface area contributed by atoms with Crippen LogP contribution in [-0.4, -0.2) is 26.2 Å². The minimum absolute atomic E-state index is 0.182. The fourth-order valence-electron chi connectivity index (χ4n) is 2.56. The Morgan fingerprint density at radius 3 is 2.43 bits per heavy atom. The van der Waals surface area contributed by atoms with Gasteiger partial charge in [-0.3, -0.25) is 4.79 Å². The minimum atomic E-state index is -0.182. The highest BCUT2D eigenvalue weighted by atomic mass is 79.9. The molecule has 0 spiro atoms. The molecule has 2 rings (SSSR count). The molecule has 0 aliphatic heterocycles. The lowest BCUT2D eigenvalue weighted by atomic mass is 10.1. The van der Waals surface area contributed by atoms with E-state index in [1.807, 2.05) is 30.3 Å². The molecule has 0 saturated carbocycles. The van der Waals surface area contributed by atoms with Gasteiger partial charge < -0.3 is 19.5 Å². The predicted octanol–water partition coefficient (Wildman–Crippen LogP) is 5.36. The van der Waals surface area contributed by atoms with Gasteiger partial charge in [0.2, 0.25) is 0 Å². The molecule has 0 aromatic heterocycles. The summed E-state index contributed by atoms with van der Waals surface area (Å²) in [6.07, 6.45) is 2.91. The molecule has 2 aromatic rings. The zero-order chi connectivity index (χ0) is 20.4.